The summed E-state index contributed by atoms with van der Waals surface area (Å²) in [6, 6.07) is 72.2. The molecule has 4 heterocycles. The molecule has 8 aromatic carbocycles. The van der Waals surface area contributed by atoms with Crippen LogP contribution >= 0.6 is 0 Å². The summed E-state index contributed by atoms with van der Waals surface area (Å²) in [6.07, 6.45) is 0. The molecule has 0 radical (unpaired) electrons. The quantitative estimate of drug-likeness (QED) is 0.163. The number of benzene rings is 8. The van der Waals surface area contributed by atoms with Crippen molar-refractivity contribution < 1.29 is 4.42 Å². The monoisotopic (exact) mass is 789 g/mol. The van der Waals surface area contributed by atoms with E-state index in [1.54, 1.807) is 0 Å². The van der Waals surface area contributed by atoms with Crippen molar-refractivity contribution in [3.63, 3.8) is 0 Å². The first kappa shape index (κ1) is 32.2. The Morgan fingerprint density at radius 3 is 1.75 bits per heavy atom. The van der Waals surface area contributed by atoms with E-state index < -0.39 is 13.3 Å². The SMILES string of the molecule is c1ccc(-c2nc(-c3ccccc3)[c]3c(n2)-c2ccc(-n4c5ccccc5c5c6c(ccc54)oc4ccccc46)c[c]2[Ge]3([c]2ccccc2)[c]2ccccc2)cc1. The van der Waals surface area contributed by atoms with Crippen molar-refractivity contribution in [3.8, 4) is 39.6 Å². The van der Waals surface area contributed by atoms with Crippen LogP contribution in [0.25, 0.3) is 83.3 Å². The third-order valence-electron chi connectivity index (χ3n) is 11.9. The molecule has 0 N–H and O–H groups in total. The van der Waals surface area contributed by atoms with Crippen LogP contribution in [0.2, 0.25) is 0 Å². The number of aromatic nitrogens is 3. The van der Waals surface area contributed by atoms with Gasteiger partial charge in [0, 0.05) is 0 Å². The molecule has 0 saturated heterocycles. The van der Waals surface area contributed by atoms with E-state index in [1.165, 1.54) is 33.9 Å². The molecule has 4 nitrogen and oxygen atoms in total. The Balaban J connectivity index is 1.23. The van der Waals surface area contributed by atoms with Gasteiger partial charge in [0.2, 0.25) is 0 Å². The molecule has 0 fully saturated rings. The summed E-state index contributed by atoms with van der Waals surface area (Å²) in [5, 5.41) is 4.70. The minimum atomic E-state index is -3.90. The van der Waals surface area contributed by atoms with E-state index in [4.69, 9.17) is 14.4 Å². The first-order valence-corrected chi connectivity index (χ1v) is 23.6. The van der Waals surface area contributed by atoms with Gasteiger partial charge in [-0.1, -0.05) is 0 Å². The summed E-state index contributed by atoms with van der Waals surface area (Å²) < 4.78 is 14.2. The van der Waals surface area contributed by atoms with Gasteiger partial charge in [0.15, 0.2) is 0 Å². The van der Waals surface area contributed by atoms with Crippen LogP contribution in [0.3, 0.4) is 0 Å². The van der Waals surface area contributed by atoms with Crippen LogP contribution in [0.15, 0.2) is 205 Å². The third kappa shape index (κ3) is 4.62. The molecule has 5 heteroatoms. The standard InChI is InChI=1S/C52H33GeN3O/c1-5-17-34(18-6-1)50-49-51(55-52(54-50)35-19-7-2-8-20-35)39-30-29-38(33-42(39)53(49,36-21-9-3-10-22-36)37-23-11-4-12-24-37)56-43-27-15-13-25-40(43)47-44(56)31-32-46-48(47)41-26-14-16-28-45(41)57-46/h1-33H. The zero-order valence-corrected chi connectivity index (χ0v) is 32.9. The molecule has 11 aromatic rings. The van der Waals surface area contributed by atoms with Gasteiger partial charge in [-0.05, 0) is 0 Å². The van der Waals surface area contributed by atoms with Gasteiger partial charge in [-0.25, -0.2) is 0 Å². The average molecular weight is 788 g/mol. The second-order valence-electron chi connectivity index (χ2n) is 14.8. The third-order valence-corrected chi connectivity index (χ3v) is 22.0. The molecule has 3 aromatic heterocycles. The Morgan fingerprint density at radius 2 is 1.04 bits per heavy atom. The molecule has 12 rings (SSSR count). The van der Waals surface area contributed by atoms with Crippen LogP contribution in [-0.2, 0) is 0 Å². The molecule has 0 spiro atoms. The summed E-state index contributed by atoms with van der Waals surface area (Å²) in [5.74, 6) is 0.737. The van der Waals surface area contributed by atoms with Crippen molar-refractivity contribution in [1.29, 1.82) is 0 Å². The fourth-order valence-electron chi connectivity index (χ4n) is 9.55. The van der Waals surface area contributed by atoms with Crippen molar-refractivity contribution in [2.45, 2.75) is 0 Å². The molecule has 57 heavy (non-hydrogen) atoms. The first-order chi connectivity index (χ1) is 28.3. The van der Waals surface area contributed by atoms with Gasteiger partial charge in [-0.3, -0.25) is 0 Å². The van der Waals surface area contributed by atoms with Crippen molar-refractivity contribution in [2.24, 2.45) is 0 Å². The van der Waals surface area contributed by atoms with Gasteiger partial charge in [-0.15, -0.1) is 0 Å². The molecule has 0 atom stereocenters. The van der Waals surface area contributed by atoms with E-state index >= 15 is 0 Å². The fourth-order valence-corrected chi connectivity index (χ4v) is 20.6. The molecule has 1 aliphatic heterocycles. The van der Waals surface area contributed by atoms with Gasteiger partial charge in [0.25, 0.3) is 0 Å². The topological polar surface area (TPSA) is 43.9 Å². The summed E-state index contributed by atoms with van der Waals surface area (Å²) in [4.78, 5) is 11.1. The number of hydrogen-bond donors (Lipinski definition) is 0. The second-order valence-corrected chi connectivity index (χ2v) is 22.6. The number of nitrogens with zero attached hydrogens (tertiary/aromatic N) is 3. The normalized spacial score (nSPS) is 13.1. The molecule has 266 valence electrons. The second kappa shape index (κ2) is 12.5. The van der Waals surface area contributed by atoms with E-state index in [2.05, 4.69) is 193 Å². The van der Waals surface area contributed by atoms with E-state index in [0.29, 0.717) is 0 Å². The first-order valence-electron chi connectivity index (χ1n) is 19.4. The summed E-state index contributed by atoms with van der Waals surface area (Å²) in [7, 11) is 0. The zero-order chi connectivity index (χ0) is 37.5. The number of rotatable bonds is 5. The molecule has 0 amide bonds. The van der Waals surface area contributed by atoms with Crippen molar-refractivity contribution in [1.82, 2.24) is 14.5 Å². The Kier molecular flexibility index (Phi) is 7.07. The molecule has 0 saturated carbocycles. The van der Waals surface area contributed by atoms with Gasteiger partial charge in [-0.2, -0.15) is 0 Å². The summed E-state index contributed by atoms with van der Waals surface area (Å²) in [5.41, 5.74) is 10.6. The molecule has 0 bridgehead atoms. The number of furan rings is 1. The molecular weight excluding hydrogens is 755 g/mol. The predicted octanol–water partition coefficient (Wildman–Crippen LogP) is 10.2. The minimum absolute atomic E-state index is 0.737. The Morgan fingerprint density at radius 1 is 0.439 bits per heavy atom. The predicted molar refractivity (Wildman–Crippen MR) is 237 cm³/mol. The fraction of sp³-hybridized carbons (Fsp3) is 0. The van der Waals surface area contributed by atoms with Crippen LogP contribution in [0.4, 0.5) is 0 Å². The van der Waals surface area contributed by atoms with Gasteiger partial charge in [0.1, 0.15) is 0 Å². The zero-order valence-electron chi connectivity index (χ0n) is 30.8. The Hall–Kier alpha value is -7.02. The maximum atomic E-state index is 6.42. The van der Waals surface area contributed by atoms with Gasteiger partial charge in [0.05, 0.1) is 0 Å². The van der Waals surface area contributed by atoms with E-state index in [1.807, 2.05) is 12.1 Å². The van der Waals surface area contributed by atoms with Gasteiger partial charge >= 0.3 is 333 Å². The van der Waals surface area contributed by atoms with Crippen molar-refractivity contribution >= 4 is 74.6 Å². The van der Waals surface area contributed by atoms with Crippen LogP contribution in [0, 0.1) is 0 Å². The Labute approximate surface area is 331 Å². The number of fused-ring (bicyclic) bond motifs is 10. The van der Waals surface area contributed by atoms with Gasteiger partial charge < -0.3 is 0 Å². The number of para-hydroxylation sites is 2. The van der Waals surface area contributed by atoms with E-state index in [-0.39, 0.29) is 0 Å². The summed E-state index contributed by atoms with van der Waals surface area (Å²) in [6.45, 7) is 0. The Bertz CT molecular complexity index is 3300. The van der Waals surface area contributed by atoms with Crippen LogP contribution < -0.4 is 17.6 Å². The van der Waals surface area contributed by atoms with Crippen LogP contribution in [-0.4, -0.2) is 27.8 Å². The molecule has 0 unspecified atom stereocenters. The number of hydrogen-bond acceptors (Lipinski definition) is 3. The molecule has 0 aliphatic carbocycles. The summed E-state index contributed by atoms with van der Waals surface area (Å²) >= 11 is -3.90. The molecular formula is C52H33GeN3O. The van der Waals surface area contributed by atoms with Crippen LogP contribution in [0.1, 0.15) is 0 Å². The van der Waals surface area contributed by atoms with Crippen molar-refractivity contribution in [2.75, 3.05) is 0 Å². The van der Waals surface area contributed by atoms with Crippen LogP contribution in [0.5, 0.6) is 0 Å². The van der Waals surface area contributed by atoms with E-state index in [9.17, 15) is 0 Å². The average Bonchev–Trinajstić information content (AvgIpc) is 3.93. The molecule has 1 aliphatic rings. The van der Waals surface area contributed by atoms with Crippen molar-refractivity contribution in [3.05, 3.63) is 200 Å². The maximum absolute atomic E-state index is 6.42. The van der Waals surface area contributed by atoms with E-state index in [0.717, 1.165) is 67.0 Å².